The lowest BCUT2D eigenvalue weighted by atomic mass is 10.2. The van der Waals surface area contributed by atoms with Crippen LogP contribution in [0.1, 0.15) is 11.5 Å². The number of aliphatic hydroxyl groups excluding tert-OH is 1. The fourth-order valence-electron chi connectivity index (χ4n) is 2.05. The molecule has 0 radical (unpaired) electrons. The van der Waals surface area contributed by atoms with Gasteiger partial charge in [-0.15, -0.1) is 10.2 Å². The van der Waals surface area contributed by atoms with Gasteiger partial charge in [-0.2, -0.15) is 0 Å². The van der Waals surface area contributed by atoms with Crippen molar-refractivity contribution in [2.75, 3.05) is 7.11 Å². The third-order valence-electron chi connectivity index (χ3n) is 3.26. The monoisotopic (exact) mass is 363 g/mol. The fourth-order valence-corrected chi connectivity index (χ4v) is 2.12. The summed E-state index contributed by atoms with van der Waals surface area (Å²) in [5.74, 6) is -0.298. The van der Waals surface area contributed by atoms with E-state index in [4.69, 9.17) is 22.1 Å². The normalized spacial score (nSPS) is 10.7. The van der Waals surface area contributed by atoms with E-state index in [-0.39, 0.29) is 23.3 Å². The molecule has 0 amide bonds. The molecular formula is C14H14FN7O2S. The Morgan fingerprint density at radius 2 is 2.24 bits per heavy atom. The number of rotatable bonds is 5. The summed E-state index contributed by atoms with van der Waals surface area (Å²) in [6, 6.07) is 4.52. The molecule has 0 fully saturated rings. The Hall–Kier alpha value is -2.92. The molecule has 1 aromatic carbocycles. The predicted octanol–water partition coefficient (Wildman–Crippen LogP) is 0.500. The minimum Gasteiger partial charge on any atom is -0.474 e. The number of ether oxygens (including phenoxy) is 1. The van der Waals surface area contributed by atoms with E-state index >= 15 is 0 Å². The van der Waals surface area contributed by atoms with Crippen molar-refractivity contribution in [2.24, 2.45) is 0 Å². The summed E-state index contributed by atoms with van der Waals surface area (Å²) in [6.07, 6.45) is 2.99. The molecular weight excluding hydrogens is 349 g/mol. The lowest BCUT2D eigenvalue weighted by Gasteiger charge is -2.05. The first-order valence-corrected chi connectivity index (χ1v) is 7.56. The maximum Gasteiger partial charge on any atom is 0.256 e. The van der Waals surface area contributed by atoms with E-state index in [0.717, 1.165) is 0 Å². The van der Waals surface area contributed by atoms with Gasteiger partial charge in [-0.3, -0.25) is 0 Å². The van der Waals surface area contributed by atoms with Crippen molar-refractivity contribution < 1.29 is 14.2 Å². The van der Waals surface area contributed by atoms with Gasteiger partial charge in [-0.25, -0.2) is 18.7 Å². The summed E-state index contributed by atoms with van der Waals surface area (Å²) in [5, 5.41) is 24.0. The second-order valence-corrected chi connectivity index (χ2v) is 5.27. The first-order chi connectivity index (χ1) is 12.1. The first-order valence-electron chi connectivity index (χ1n) is 7.15. The molecule has 0 atom stereocenters. The van der Waals surface area contributed by atoms with E-state index in [9.17, 15) is 4.39 Å². The average molecular weight is 363 g/mol. The number of aliphatic hydroxyl groups is 1. The van der Waals surface area contributed by atoms with Gasteiger partial charge in [0.2, 0.25) is 0 Å². The van der Waals surface area contributed by atoms with Crippen molar-refractivity contribution in [1.82, 2.24) is 35.1 Å². The lowest BCUT2D eigenvalue weighted by molar-refractivity contribution is 0.271. The number of hydrogen-bond donors (Lipinski definition) is 2. The van der Waals surface area contributed by atoms with Crippen molar-refractivity contribution in [1.29, 1.82) is 0 Å². The number of nitrogens with zero attached hydrogens (tertiary/aromatic N) is 6. The second-order valence-electron chi connectivity index (χ2n) is 4.90. The van der Waals surface area contributed by atoms with E-state index in [1.165, 1.54) is 28.9 Å². The third kappa shape index (κ3) is 3.78. The van der Waals surface area contributed by atoms with Gasteiger partial charge < -0.3 is 15.2 Å². The summed E-state index contributed by atoms with van der Waals surface area (Å²) in [7, 11) is 1.47. The first kappa shape index (κ1) is 16.9. The van der Waals surface area contributed by atoms with Gasteiger partial charge in [0.1, 0.15) is 24.3 Å². The van der Waals surface area contributed by atoms with Crippen LogP contribution in [-0.2, 0) is 17.9 Å². The molecule has 0 saturated carbocycles. The van der Waals surface area contributed by atoms with Crippen molar-refractivity contribution >= 4 is 17.4 Å². The van der Waals surface area contributed by atoms with E-state index in [1.807, 2.05) is 0 Å². The fraction of sp³-hybridized carbons (Fsp3) is 0.214. The minimum absolute atomic E-state index is 0.211. The Morgan fingerprint density at radius 1 is 1.40 bits per heavy atom. The van der Waals surface area contributed by atoms with Crippen LogP contribution in [-0.4, -0.2) is 47.1 Å². The summed E-state index contributed by atoms with van der Waals surface area (Å²) < 4.78 is 21.9. The highest BCUT2D eigenvalue weighted by molar-refractivity contribution is 7.80. The van der Waals surface area contributed by atoms with Crippen LogP contribution in [0.25, 0.3) is 11.4 Å². The molecule has 0 bridgehead atoms. The molecule has 2 aromatic heterocycles. The topological polar surface area (TPSA) is 103 Å². The van der Waals surface area contributed by atoms with E-state index < -0.39 is 5.82 Å². The molecule has 2 N–H and O–H groups in total. The van der Waals surface area contributed by atoms with E-state index in [0.29, 0.717) is 17.9 Å². The molecule has 11 heteroatoms. The molecule has 25 heavy (non-hydrogen) atoms. The third-order valence-corrected chi connectivity index (χ3v) is 3.57. The van der Waals surface area contributed by atoms with Crippen LogP contribution in [0.4, 0.5) is 4.39 Å². The second kappa shape index (κ2) is 7.32. The van der Waals surface area contributed by atoms with Crippen molar-refractivity contribution in [3.63, 3.8) is 0 Å². The molecule has 0 aliphatic rings. The summed E-state index contributed by atoms with van der Waals surface area (Å²) in [6.45, 7) is 0.0328. The Labute approximate surface area is 147 Å². The molecule has 0 spiro atoms. The number of aromatic nitrogens is 6. The van der Waals surface area contributed by atoms with E-state index in [2.05, 4.69) is 25.7 Å². The van der Waals surface area contributed by atoms with Crippen LogP contribution < -0.4 is 5.32 Å². The SMILES string of the molecule is COC(=S)NCc1cn(-c2ccc(-n3cnc(CO)n3)c(F)c2)nn1. The number of methoxy groups -OCH3 is 1. The highest BCUT2D eigenvalue weighted by Gasteiger charge is 2.11. The van der Waals surface area contributed by atoms with Gasteiger partial charge in [-0.1, -0.05) is 5.21 Å². The van der Waals surface area contributed by atoms with Crippen LogP contribution in [0, 0.1) is 5.82 Å². The molecule has 130 valence electrons. The Kier molecular flexibility index (Phi) is 4.95. The average Bonchev–Trinajstić information content (AvgIpc) is 3.28. The Morgan fingerprint density at radius 3 is 2.92 bits per heavy atom. The number of halogens is 1. The van der Waals surface area contributed by atoms with Crippen molar-refractivity contribution in [3.8, 4) is 11.4 Å². The van der Waals surface area contributed by atoms with Crippen LogP contribution in [0.2, 0.25) is 0 Å². The number of thiocarbonyl (C=S) groups is 1. The molecule has 0 aliphatic carbocycles. The number of hydrogen-bond acceptors (Lipinski definition) is 7. The van der Waals surface area contributed by atoms with Gasteiger partial charge in [-0.05, 0) is 24.4 Å². The Balaban J connectivity index is 1.78. The Bertz CT molecular complexity index is 895. The zero-order valence-corrected chi connectivity index (χ0v) is 13.9. The molecule has 3 rings (SSSR count). The standard InChI is InChI=1S/C14H14FN7O2S/c1-24-14(25)16-5-9-6-21(20-18-9)10-2-3-12(11(15)4-10)22-8-17-13(7-23)19-22/h2-4,6,8,23H,5,7H2,1H3,(H,16,25). The van der Waals surface area contributed by atoms with Gasteiger partial charge in [0.05, 0.1) is 25.5 Å². The van der Waals surface area contributed by atoms with Gasteiger partial charge in [0.25, 0.3) is 5.17 Å². The molecule has 3 aromatic rings. The lowest BCUT2D eigenvalue weighted by Crippen LogP contribution is -2.22. The zero-order valence-electron chi connectivity index (χ0n) is 13.1. The predicted molar refractivity (Wildman–Crippen MR) is 88.6 cm³/mol. The zero-order chi connectivity index (χ0) is 17.8. The molecule has 0 aliphatic heterocycles. The van der Waals surface area contributed by atoms with Crippen molar-refractivity contribution in [3.05, 3.63) is 48.1 Å². The minimum atomic E-state index is -0.511. The van der Waals surface area contributed by atoms with E-state index in [1.54, 1.807) is 18.3 Å². The maximum absolute atomic E-state index is 14.4. The smallest absolute Gasteiger partial charge is 0.256 e. The highest BCUT2D eigenvalue weighted by Crippen LogP contribution is 2.17. The maximum atomic E-state index is 14.4. The quantitative estimate of drug-likeness (QED) is 0.632. The molecule has 0 unspecified atom stereocenters. The number of nitrogens with one attached hydrogen (secondary N) is 1. The van der Waals surface area contributed by atoms with Crippen LogP contribution >= 0.6 is 12.2 Å². The van der Waals surface area contributed by atoms with Gasteiger partial charge in [0, 0.05) is 6.07 Å². The highest BCUT2D eigenvalue weighted by atomic mass is 32.1. The van der Waals surface area contributed by atoms with Crippen LogP contribution in [0.5, 0.6) is 0 Å². The summed E-state index contributed by atoms with van der Waals surface area (Å²) in [5.41, 5.74) is 1.33. The van der Waals surface area contributed by atoms with Gasteiger partial charge in [0.15, 0.2) is 11.6 Å². The van der Waals surface area contributed by atoms with Crippen molar-refractivity contribution in [2.45, 2.75) is 13.2 Å². The number of benzene rings is 1. The summed E-state index contributed by atoms with van der Waals surface area (Å²) >= 11 is 4.88. The van der Waals surface area contributed by atoms with Crippen LogP contribution in [0.3, 0.4) is 0 Å². The molecule has 0 saturated heterocycles. The van der Waals surface area contributed by atoms with Crippen LogP contribution in [0.15, 0.2) is 30.7 Å². The molecule has 9 nitrogen and oxygen atoms in total. The summed E-state index contributed by atoms with van der Waals surface area (Å²) in [4.78, 5) is 3.86. The largest absolute Gasteiger partial charge is 0.474 e. The van der Waals surface area contributed by atoms with Gasteiger partial charge >= 0.3 is 0 Å². The molecule has 2 heterocycles.